The molecule has 19 heavy (non-hydrogen) atoms. The number of nitrogens with two attached hydrogens (primary N) is 1. The summed E-state index contributed by atoms with van der Waals surface area (Å²) in [6.07, 6.45) is 0.865. The van der Waals surface area contributed by atoms with E-state index in [0.29, 0.717) is 0 Å². The zero-order chi connectivity index (χ0) is 13.7. The summed E-state index contributed by atoms with van der Waals surface area (Å²) in [5.41, 5.74) is 7.96. The Morgan fingerprint density at radius 3 is 2.42 bits per heavy atom. The number of rotatable bonds is 5. The van der Waals surface area contributed by atoms with E-state index in [-0.39, 0.29) is 12.6 Å². The van der Waals surface area contributed by atoms with Gasteiger partial charge in [0.05, 0.1) is 6.61 Å². The van der Waals surface area contributed by atoms with E-state index in [2.05, 4.69) is 6.92 Å². The maximum atomic E-state index is 9.01. The molecule has 0 spiro atoms. The lowest BCUT2D eigenvalue weighted by atomic mass is 10.0. The molecule has 0 aliphatic carbocycles. The van der Waals surface area contributed by atoms with Gasteiger partial charge in [-0.05, 0) is 30.2 Å². The van der Waals surface area contributed by atoms with Crippen LogP contribution in [0.3, 0.4) is 0 Å². The van der Waals surface area contributed by atoms with Crippen molar-refractivity contribution in [2.45, 2.75) is 26.0 Å². The SMILES string of the molecule is CC[C@@H](N)c1ccccc1Oc1ccc(CO)cc1. The van der Waals surface area contributed by atoms with Gasteiger partial charge < -0.3 is 15.6 Å². The minimum Gasteiger partial charge on any atom is -0.457 e. The molecule has 0 radical (unpaired) electrons. The maximum absolute atomic E-state index is 9.01. The van der Waals surface area contributed by atoms with Gasteiger partial charge in [0.25, 0.3) is 0 Å². The van der Waals surface area contributed by atoms with E-state index < -0.39 is 0 Å². The van der Waals surface area contributed by atoms with Crippen molar-refractivity contribution in [3.63, 3.8) is 0 Å². The number of hydrogen-bond acceptors (Lipinski definition) is 3. The molecule has 0 saturated carbocycles. The van der Waals surface area contributed by atoms with Gasteiger partial charge in [-0.25, -0.2) is 0 Å². The molecule has 3 heteroatoms. The van der Waals surface area contributed by atoms with Crippen LogP contribution in [0.15, 0.2) is 48.5 Å². The van der Waals surface area contributed by atoms with E-state index >= 15 is 0 Å². The molecule has 0 aliphatic rings. The van der Waals surface area contributed by atoms with Crippen LogP contribution in [0.2, 0.25) is 0 Å². The van der Waals surface area contributed by atoms with Gasteiger partial charge in [-0.2, -0.15) is 0 Å². The van der Waals surface area contributed by atoms with Crippen molar-refractivity contribution in [2.75, 3.05) is 0 Å². The molecule has 2 aromatic carbocycles. The molecule has 0 bridgehead atoms. The van der Waals surface area contributed by atoms with Gasteiger partial charge in [0, 0.05) is 11.6 Å². The molecule has 0 fully saturated rings. The molecule has 0 heterocycles. The van der Waals surface area contributed by atoms with E-state index in [0.717, 1.165) is 29.0 Å². The minimum atomic E-state index is -0.0204. The van der Waals surface area contributed by atoms with Gasteiger partial charge in [0.15, 0.2) is 0 Å². The highest BCUT2D eigenvalue weighted by Crippen LogP contribution is 2.29. The van der Waals surface area contributed by atoms with Crippen molar-refractivity contribution in [3.05, 3.63) is 59.7 Å². The van der Waals surface area contributed by atoms with Crippen LogP contribution in [0.1, 0.15) is 30.5 Å². The molecule has 0 aliphatic heterocycles. The topological polar surface area (TPSA) is 55.5 Å². The highest BCUT2D eigenvalue weighted by Gasteiger charge is 2.10. The fourth-order valence-electron chi connectivity index (χ4n) is 1.89. The Hall–Kier alpha value is -1.84. The Labute approximate surface area is 113 Å². The van der Waals surface area contributed by atoms with Gasteiger partial charge in [-0.1, -0.05) is 37.3 Å². The Morgan fingerprint density at radius 2 is 1.79 bits per heavy atom. The molecule has 2 aromatic rings. The second-order valence-corrected chi connectivity index (χ2v) is 4.46. The molecular weight excluding hydrogens is 238 g/mol. The second-order valence-electron chi connectivity index (χ2n) is 4.46. The lowest BCUT2D eigenvalue weighted by molar-refractivity contribution is 0.281. The summed E-state index contributed by atoms with van der Waals surface area (Å²) in [4.78, 5) is 0. The third-order valence-electron chi connectivity index (χ3n) is 3.09. The standard InChI is InChI=1S/C16H19NO2/c1-2-15(17)14-5-3-4-6-16(14)19-13-9-7-12(11-18)8-10-13/h3-10,15,18H,2,11,17H2,1H3/t15-/m1/s1. The minimum absolute atomic E-state index is 0.0204. The molecule has 0 saturated heterocycles. The first-order chi connectivity index (χ1) is 9.24. The molecule has 0 unspecified atom stereocenters. The maximum Gasteiger partial charge on any atom is 0.132 e. The lowest BCUT2D eigenvalue weighted by Gasteiger charge is -2.15. The smallest absolute Gasteiger partial charge is 0.132 e. The Kier molecular flexibility index (Phi) is 4.55. The zero-order valence-corrected chi connectivity index (χ0v) is 11.0. The van der Waals surface area contributed by atoms with Crippen molar-refractivity contribution in [3.8, 4) is 11.5 Å². The van der Waals surface area contributed by atoms with E-state index in [1.165, 1.54) is 0 Å². The highest BCUT2D eigenvalue weighted by atomic mass is 16.5. The van der Waals surface area contributed by atoms with Crippen molar-refractivity contribution in [1.82, 2.24) is 0 Å². The monoisotopic (exact) mass is 257 g/mol. The number of hydrogen-bond donors (Lipinski definition) is 2. The summed E-state index contributed by atoms with van der Waals surface area (Å²) in [5.74, 6) is 1.53. The first-order valence-electron chi connectivity index (χ1n) is 6.46. The van der Waals surface area contributed by atoms with Crippen LogP contribution in [0.5, 0.6) is 11.5 Å². The van der Waals surface area contributed by atoms with E-state index in [4.69, 9.17) is 15.6 Å². The average Bonchev–Trinajstić information content (AvgIpc) is 2.48. The van der Waals surface area contributed by atoms with Gasteiger partial charge in [0.2, 0.25) is 0 Å². The number of ether oxygens (including phenoxy) is 1. The molecular formula is C16H19NO2. The first kappa shape index (κ1) is 13.6. The summed E-state index contributed by atoms with van der Waals surface area (Å²) in [7, 11) is 0. The Balaban J connectivity index is 2.22. The van der Waals surface area contributed by atoms with E-state index in [1.54, 1.807) is 0 Å². The van der Waals surface area contributed by atoms with Gasteiger partial charge in [-0.15, -0.1) is 0 Å². The summed E-state index contributed by atoms with van der Waals surface area (Å²) in [6.45, 7) is 2.09. The summed E-state index contributed by atoms with van der Waals surface area (Å²) < 4.78 is 5.87. The molecule has 0 aromatic heterocycles. The van der Waals surface area contributed by atoms with Crippen LogP contribution in [0.25, 0.3) is 0 Å². The van der Waals surface area contributed by atoms with Crippen molar-refractivity contribution in [1.29, 1.82) is 0 Å². The third kappa shape index (κ3) is 3.34. The van der Waals surface area contributed by atoms with Gasteiger partial charge in [-0.3, -0.25) is 0 Å². The number of aliphatic hydroxyl groups excluding tert-OH is 1. The average molecular weight is 257 g/mol. The van der Waals surface area contributed by atoms with Crippen LogP contribution >= 0.6 is 0 Å². The van der Waals surface area contributed by atoms with Crippen molar-refractivity contribution < 1.29 is 9.84 Å². The molecule has 3 nitrogen and oxygen atoms in total. The van der Waals surface area contributed by atoms with Crippen LogP contribution in [-0.4, -0.2) is 5.11 Å². The number of benzene rings is 2. The number of para-hydroxylation sites is 1. The predicted octanol–water partition coefficient (Wildman–Crippen LogP) is 3.38. The fraction of sp³-hybridized carbons (Fsp3) is 0.250. The summed E-state index contributed by atoms with van der Waals surface area (Å²) in [6, 6.07) is 15.2. The van der Waals surface area contributed by atoms with E-state index in [9.17, 15) is 0 Å². The van der Waals surface area contributed by atoms with Crippen molar-refractivity contribution >= 4 is 0 Å². The third-order valence-corrected chi connectivity index (χ3v) is 3.09. The first-order valence-corrected chi connectivity index (χ1v) is 6.46. The van der Waals surface area contributed by atoms with Crippen LogP contribution in [0.4, 0.5) is 0 Å². The van der Waals surface area contributed by atoms with Crippen molar-refractivity contribution in [2.24, 2.45) is 5.73 Å². The molecule has 1 atom stereocenters. The summed E-state index contributed by atoms with van der Waals surface area (Å²) in [5, 5.41) is 9.01. The highest BCUT2D eigenvalue weighted by molar-refractivity contribution is 5.40. The van der Waals surface area contributed by atoms with Gasteiger partial charge >= 0.3 is 0 Å². The number of aliphatic hydroxyl groups is 1. The Morgan fingerprint density at radius 1 is 1.11 bits per heavy atom. The fourth-order valence-corrected chi connectivity index (χ4v) is 1.89. The predicted molar refractivity (Wildman–Crippen MR) is 76.1 cm³/mol. The Bertz CT molecular complexity index is 523. The quantitative estimate of drug-likeness (QED) is 0.863. The largest absolute Gasteiger partial charge is 0.457 e. The lowest BCUT2D eigenvalue weighted by Crippen LogP contribution is -2.09. The molecule has 100 valence electrons. The molecule has 2 rings (SSSR count). The normalized spacial score (nSPS) is 12.2. The summed E-state index contributed by atoms with van der Waals surface area (Å²) >= 11 is 0. The molecule has 3 N–H and O–H groups in total. The van der Waals surface area contributed by atoms with Gasteiger partial charge in [0.1, 0.15) is 11.5 Å². The molecule has 0 amide bonds. The second kappa shape index (κ2) is 6.36. The van der Waals surface area contributed by atoms with E-state index in [1.807, 2.05) is 48.5 Å². The van der Waals surface area contributed by atoms with Crippen LogP contribution in [-0.2, 0) is 6.61 Å². The zero-order valence-electron chi connectivity index (χ0n) is 11.0. The van der Waals surface area contributed by atoms with Crippen LogP contribution < -0.4 is 10.5 Å². The van der Waals surface area contributed by atoms with Crippen LogP contribution in [0, 0.1) is 0 Å².